The van der Waals surface area contributed by atoms with Crippen molar-refractivity contribution in [2.75, 3.05) is 13.1 Å². The highest BCUT2D eigenvalue weighted by molar-refractivity contribution is 5.83. The van der Waals surface area contributed by atoms with Crippen molar-refractivity contribution in [1.82, 2.24) is 4.90 Å². The van der Waals surface area contributed by atoms with Gasteiger partial charge in [0.05, 0.1) is 5.41 Å². The minimum atomic E-state index is -0.718. The maximum absolute atomic E-state index is 13.1. The first kappa shape index (κ1) is 17.0. The van der Waals surface area contributed by atoms with Crippen LogP contribution in [0.3, 0.4) is 0 Å². The molecule has 0 aromatic heterocycles. The summed E-state index contributed by atoms with van der Waals surface area (Å²) in [5.41, 5.74) is 0.473. The van der Waals surface area contributed by atoms with Crippen molar-refractivity contribution in [1.29, 1.82) is 0 Å². The Kier molecular flexibility index (Phi) is 4.66. The number of carboxylic acids is 1. The van der Waals surface area contributed by atoms with E-state index < -0.39 is 11.4 Å². The van der Waals surface area contributed by atoms with E-state index in [0.717, 1.165) is 24.8 Å². The maximum atomic E-state index is 13.1. The van der Waals surface area contributed by atoms with Gasteiger partial charge in [-0.3, -0.25) is 9.59 Å². The highest BCUT2D eigenvalue weighted by atomic mass is 16.4. The van der Waals surface area contributed by atoms with Gasteiger partial charge in [0, 0.05) is 19.0 Å². The Morgan fingerprint density at radius 1 is 1.29 bits per heavy atom. The Morgan fingerprint density at radius 3 is 2.58 bits per heavy atom. The van der Waals surface area contributed by atoms with Crippen LogP contribution >= 0.6 is 0 Å². The summed E-state index contributed by atoms with van der Waals surface area (Å²) in [7, 11) is 0. The van der Waals surface area contributed by atoms with Crippen molar-refractivity contribution < 1.29 is 14.7 Å². The predicted molar refractivity (Wildman–Crippen MR) is 92.5 cm³/mol. The van der Waals surface area contributed by atoms with Crippen molar-refractivity contribution in [3.8, 4) is 0 Å². The monoisotopic (exact) mass is 329 g/mol. The fraction of sp³-hybridized carbons (Fsp3) is 0.600. The van der Waals surface area contributed by atoms with E-state index in [0.29, 0.717) is 19.5 Å². The molecule has 2 aliphatic rings. The molecule has 1 heterocycles. The fourth-order valence-corrected chi connectivity index (χ4v) is 4.52. The molecule has 3 rings (SSSR count). The van der Waals surface area contributed by atoms with Gasteiger partial charge in [-0.25, -0.2) is 0 Å². The molecular weight excluding hydrogens is 302 g/mol. The quantitative estimate of drug-likeness (QED) is 0.902. The zero-order valence-corrected chi connectivity index (χ0v) is 14.6. The Hall–Kier alpha value is -1.84. The molecule has 130 valence electrons. The third-order valence-electron chi connectivity index (χ3n) is 6.03. The highest BCUT2D eigenvalue weighted by Crippen LogP contribution is 2.49. The molecule has 1 saturated carbocycles. The Morgan fingerprint density at radius 2 is 2.00 bits per heavy atom. The number of likely N-dealkylation sites (tertiary alicyclic amines) is 1. The summed E-state index contributed by atoms with van der Waals surface area (Å²) in [4.78, 5) is 26.8. The summed E-state index contributed by atoms with van der Waals surface area (Å²) in [5.74, 6) is -0.312. The number of nitrogens with zero attached hydrogens (tertiary/aromatic N) is 1. The summed E-state index contributed by atoms with van der Waals surface area (Å²) in [6, 6.07) is 10.1. The number of hydrogen-bond acceptors (Lipinski definition) is 2. The van der Waals surface area contributed by atoms with Crippen molar-refractivity contribution in [3.05, 3.63) is 35.9 Å². The van der Waals surface area contributed by atoms with Crippen molar-refractivity contribution >= 4 is 11.9 Å². The van der Waals surface area contributed by atoms with Gasteiger partial charge in [-0.15, -0.1) is 0 Å². The number of fused-ring (bicyclic) bond motifs is 1. The molecule has 0 bridgehead atoms. The molecule has 1 N–H and O–H groups in total. The summed E-state index contributed by atoms with van der Waals surface area (Å²) in [5, 5.41) is 9.72. The fourth-order valence-electron chi connectivity index (χ4n) is 4.52. The Labute approximate surface area is 143 Å². The Bertz CT molecular complexity index is 613. The van der Waals surface area contributed by atoms with Gasteiger partial charge >= 0.3 is 5.97 Å². The summed E-state index contributed by atoms with van der Waals surface area (Å²) in [6.45, 7) is 5.16. The smallest absolute Gasteiger partial charge is 0.311 e. The first-order chi connectivity index (χ1) is 11.4. The molecule has 4 heteroatoms. The summed E-state index contributed by atoms with van der Waals surface area (Å²) in [6.07, 6.45) is 3.33. The predicted octanol–water partition coefficient (Wildman–Crippen LogP) is 3.21. The van der Waals surface area contributed by atoms with Gasteiger partial charge in [-0.2, -0.15) is 0 Å². The van der Waals surface area contributed by atoms with E-state index in [1.165, 1.54) is 0 Å². The van der Waals surface area contributed by atoms with E-state index in [1.807, 2.05) is 23.1 Å². The summed E-state index contributed by atoms with van der Waals surface area (Å²) < 4.78 is 0. The van der Waals surface area contributed by atoms with Crippen molar-refractivity contribution in [3.63, 3.8) is 0 Å². The van der Waals surface area contributed by atoms with Crippen LogP contribution in [0.4, 0.5) is 0 Å². The van der Waals surface area contributed by atoms with Crippen LogP contribution in [0.2, 0.25) is 0 Å². The van der Waals surface area contributed by atoms with Gasteiger partial charge in [-0.1, -0.05) is 50.6 Å². The second-order valence-electron chi connectivity index (χ2n) is 7.81. The molecule has 0 spiro atoms. The Balaban J connectivity index is 1.76. The lowest BCUT2D eigenvalue weighted by atomic mass is 9.81. The van der Waals surface area contributed by atoms with Gasteiger partial charge in [-0.05, 0) is 36.7 Å². The van der Waals surface area contributed by atoms with Crippen LogP contribution in [-0.2, 0) is 16.0 Å². The van der Waals surface area contributed by atoms with Crippen LogP contribution in [-0.4, -0.2) is 35.0 Å². The number of aliphatic carboxylic acids is 1. The minimum Gasteiger partial charge on any atom is -0.481 e. The van der Waals surface area contributed by atoms with E-state index in [2.05, 4.69) is 26.0 Å². The van der Waals surface area contributed by atoms with E-state index >= 15 is 0 Å². The lowest BCUT2D eigenvalue weighted by molar-refractivity contribution is -0.149. The third kappa shape index (κ3) is 2.94. The topological polar surface area (TPSA) is 57.6 Å². The average molecular weight is 329 g/mol. The van der Waals surface area contributed by atoms with Gasteiger partial charge in [0.25, 0.3) is 0 Å². The standard InChI is InChI=1S/C20H27NO3/c1-14(2)17(11-15-7-4-3-5-8-15)18(22)21-12-16-9-6-10-20(16,13-21)19(23)24/h3-5,7-8,14,16-17H,6,9-13H2,1-2H3,(H,23,24)/t16-,17?,20+/m0/s1. The van der Waals surface area contributed by atoms with E-state index in [4.69, 9.17) is 0 Å². The molecule has 24 heavy (non-hydrogen) atoms. The van der Waals surface area contributed by atoms with E-state index in [-0.39, 0.29) is 23.7 Å². The van der Waals surface area contributed by atoms with Crippen LogP contribution in [0.5, 0.6) is 0 Å². The molecule has 3 atom stereocenters. The van der Waals surface area contributed by atoms with E-state index in [1.54, 1.807) is 0 Å². The number of amides is 1. The number of hydrogen-bond donors (Lipinski definition) is 1. The number of carbonyl (C=O) groups excluding carboxylic acids is 1. The van der Waals surface area contributed by atoms with Crippen LogP contribution in [0.25, 0.3) is 0 Å². The molecule has 1 aromatic rings. The van der Waals surface area contributed by atoms with Crippen LogP contribution in [0.15, 0.2) is 30.3 Å². The lowest BCUT2D eigenvalue weighted by Gasteiger charge is -2.28. The largest absolute Gasteiger partial charge is 0.481 e. The molecule has 1 saturated heterocycles. The van der Waals surface area contributed by atoms with Crippen LogP contribution in [0.1, 0.15) is 38.7 Å². The second kappa shape index (κ2) is 6.58. The molecular formula is C20H27NO3. The number of carbonyl (C=O) groups is 2. The van der Waals surface area contributed by atoms with Gasteiger partial charge < -0.3 is 10.0 Å². The molecule has 1 amide bonds. The molecule has 1 unspecified atom stereocenters. The summed E-state index contributed by atoms with van der Waals surface area (Å²) >= 11 is 0. The molecule has 1 aromatic carbocycles. The average Bonchev–Trinajstić information content (AvgIpc) is 3.11. The zero-order valence-electron chi connectivity index (χ0n) is 14.6. The molecule has 2 fully saturated rings. The molecule has 1 aliphatic carbocycles. The van der Waals surface area contributed by atoms with E-state index in [9.17, 15) is 14.7 Å². The van der Waals surface area contributed by atoms with Crippen molar-refractivity contribution in [2.24, 2.45) is 23.2 Å². The normalized spacial score (nSPS) is 27.3. The van der Waals surface area contributed by atoms with Gasteiger partial charge in [0.2, 0.25) is 5.91 Å². The second-order valence-corrected chi connectivity index (χ2v) is 7.81. The van der Waals surface area contributed by atoms with Crippen LogP contribution < -0.4 is 0 Å². The zero-order chi connectivity index (χ0) is 17.3. The number of benzene rings is 1. The lowest BCUT2D eigenvalue weighted by Crippen LogP contribution is -2.41. The number of rotatable bonds is 5. The van der Waals surface area contributed by atoms with Gasteiger partial charge in [0.15, 0.2) is 0 Å². The molecule has 0 radical (unpaired) electrons. The minimum absolute atomic E-state index is 0.0860. The van der Waals surface area contributed by atoms with Crippen LogP contribution in [0, 0.1) is 23.2 Å². The first-order valence-electron chi connectivity index (χ1n) is 9.00. The molecule has 4 nitrogen and oxygen atoms in total. The first-order valence-corrected chi connectivity index (χ1v) is 9.00. The maximum Gasteiger partial charge on any atom is 0.311 e. The van der Waals surface area contributed by atoms with Gasteiger partial charge in [0.1, 0.15) is 0 Å². The third-order valence-corrected chi connectivity index (χ3v) is 6.03. The SMILES string of the molecule is CC(C)C(Cc1ccccc1)C(=O)N1C[C@@H]2CCC[C@@]2(C(=O)O)C1. The number of carboxylic acid groups (broad SMARTS) is 1. The highest BCUT2D eigenvalue weighted by Gasteiger charge is 2.56. The van der Waals surface area contributed by atoms with Crippen molar-refractivity contribution in [2.45, 2.75) is 39.5 Å². The molecule has 1 aliphatic heterocycles.